The molecule has 4 N–H and O–H groups in total. The second-order valence-electron chi connectivity index (χ2n) is 6.76. The quantitative estimate of drug-likeness (QED) is 0.538. The molecule has 0 heterocycles. The highest BCUT2D eigenvalue weighted by atomic mass is 16.5. The van der Waals surface area contributed by atoms with Gasteiger partial charge in [-0.05, 0) is 60.7 Å². The minimum atomic E-state index is -0.751. The normalized spacial score (nSPS) is 18.9. The number of nitrogens with two attached hydrogens (primary N) is 1. The number of fused-ring (bicyclic) bond motifs is 1. The number of hydrogen-bond acceptors (Lipinski definition) is 4. The molecule has 1 aliphatic rings. The van der Waals surface area contributed by atoms with E-state index in [0.29, 0.717) is 6.42 Å². The summed E-state index contributed by atoms with van der Waals surface area (Å²) in [6, 6.07) is 13.6. The zero-order valence-electron chi connectivity index (χ0n) is 15.6. The van der Waals surface area contributed by atoms with Crippen LogP contribution < -0.4 is 15.8 Å². The number of carbonyl (C=O) groups excluding carboxylic acids is 1. The number of nitrogens with zero attached hydrogens (tertiary/aromatic N) is 1. The average Bonchev–Trinajstić information content (AvgIpc) is 2.97. The molecule has 0 aliphatic heterocycles. The van der Waals surface area contributed by atoms with Crippen molar-refractivity contribution in [2.24, 2.45) is 10.7 Å². The summed E-state index contributed by atoms with van der Waals surface area (Å²) in [5, 5.41) is 13.4. The van der Waals surface area contributed by atoms with Crippen molar-refractivity contribution in [1.82, 2.24) is 5.32 Å². The second-order valence-corrected chi connectivity index (χ2v) is 6.76. The molecule has 0 aromatic heterocycles. The Morgan fingerprint density at radius 1 is 1.33 bits per heavy atom. The largest absolute Gasteiger partial charge is 0.497 e. The van der Waals surface area contributed by atoms with Crippen LogP contribution in [0, 0.1) is 0 Å². The van der Waals surface area contributed by atoms with E-state index in [2.05, 4.69) is 16.4 Å². The molecule has 1 amide bonds. The van der Waals surface area contributed by atoms with Crippen molar-refractivity contribution >= 4 is 17.4 Å². The van der Waals surface area contributed by atoms with Crippen molar-refractivity contribution in [3.8, 4) is 5.75 Å². The Morgan fingerprint density at radius 2 is 2.15 bits per heavy atom. The molecule has 0 saturated heterocycles. The average molecular weight is 367 g/mol. The molecule has 2 aromatic rings. The van der Waals surface area contributed by atoms with Gasteiger partial charge in [-0.1, -0.05) is 18.2 Å². The Kier molecular flexibility index (Phi) is 5.76. The number of aliphatic hydroxyl groups excluding tert-OH is 1. The van der Waals surface area contributed by atoms with Gasteiger partial charge in [0, 0.05) is 6.54 Å². The third-order valence-electron chi connectivity index (χ3n) is 4.81. The van der Waals surface area contributed by atoms with Gasteiger partial charge >= 0.3 is 0 Å². The first-order valence-corrected chi connectivity index (χ1v) is 9.00. The highest BCUT2D eigenvalue weighted by Gasteiger charge is 2.35. The number of hydrogen-bond donors (Lipinski definition) is 3. The monoisotopic (exact) mass is 367 g/mol. The fraction of sp³-hybridized carbons (Fsp3) is 0.333. The molecule has 0 fully saturated rings. The number of aliphatic hydroxyl groups is 1. The summed E-state index contributed by atoms with van der Waals surface area (Å²) in [4.78, 5) is 16.2. The van der Waals surface area contributed by atoms with Crippen LogP contribution in [0.5, 0.6) is 5.75 Å². The predicted molar refractivity (Wildman–Crippen MR) is 106 cm³/mol. The summed E-state index contributed by atoms with van der Waals surface area (Å²) in [6.45, 7) is 2.65. The van der Waals surface area contributed by atoms with Gasteiger partial charge in [0.2, 0.25) is 5.91 Å². The lowest BCUT2D eigenvalue weighted by atomic mass is 9.99. The molecule has 2 aromatic carbocycles. The lowest BCUT2D eigenvalue weighted by Crippen LogP contribution is -2.28. The molecule has 0 saturated carbocycles. The number of primary amides is 1. The van der Waals surface area contributed by atoms with Crippen LogP contribution in [0.3, 0.4) is 0 Å². The number of benzene rings is 2. The molecule has 2 atom stereocenters. The van der Waals surface area contributed by atoms with Gasteiger partial charge in [0.1, 0.15) is 5.75 Å². The number of methoxy groups -OCH3 is 1. The second kappa shape index (κ2) is 8.22. The first-order valence-electron chi connectivity index (χ1n) is 9.00. The highest BCUT2D eigenvalue weighted by Crippen LogP contribution is 2.35. The van der Waals surface area contributed by atoms with E-state index >= 15 is 0 Å². The van der Waals surface area contributed by atoms with E-state index in [9.17, 15) is 9.90 Å². The van der Waals surface area contributed by atoms with Gasteiger partial charge < -0.3 is 20.9 Å². The van der Waals surface area contributed by atoms with Crippen molar-refractivity contribution < 1.29 is 14.6 Å². The van der Waals surface area contributed by atoms with E-state index in [-0.39, 0.29) is 0 Å². The van der Waals surface area contributed by atoms with Crippen molar-refractivity contribution in [3.05, 3.63) is 59.2 Å². The first kappa shape index (κ1) is 18.9. The molecule has 142 valence electrons. The molecule has 3 rings (SSSR count). The molecular formula is C21H25N3O3. The summed E-state index contributed by atoms with van der Waals surface area (Å²) in [5.74, 6) is 0.473. The SMILES string of the molecule is COc1cccc(CCNC(C)=Nc2ccc3c(c2)C(C(N)=O)C(O)C3)c1. The summed E-state index contributed by atoms with van der Waals surface area (Å²) in [7, 11) is 1.66. The van der Waals surface area contributed by atoms with Crippen LogP contribution in [-0.2, 0) is 17.6 Å². The van der Waals surface area contributed by atoms with Crippen LogP contribution in [-0.4, -0.2) is 36.6 Å². The number of aliphatic imine (C=N–C) groups is 1. The highest BCUT2D eigenvalue weighted by molar-refractivity contribution is 5.85. The summed E-state index contributed by atoms with van der Waals surface area (Å²) >= 11 is 0. The number of ether oxygens (including phenoxy) is 1. The summed E-state index contributed by atoms with van der Waals surface area (Å²) < 4.78 is 5.24. The smallest absolute Gasteiger partial charge is 0.227 e. The topological polar surface area (TPSA) is 96.9 Å². The molecule has 0 bridgehead atoms. The minimum Gasteiger partial charge on any atom is -0.497 e. The van der Waals surface area contributed by atoms with Gasteiger partial charge in [-0.25, -0.2) is 4.99 Å². The Hall–Kier alpha value is -2.86. The van der Waals surface area contributed by atoms with Gasteiger partial charge in [0.15, 0.2) is 0 Å². The maximum Gasteiger partial charge on any atom is 0.227 e. The van der Waals surface area contributed by atoms with Crippen LogP contribution in [0.15, 0.2) is 47.5 Å². The molecule has 6 heteroatoms. The maximum atomic E-state index is 11.6. The summed E-state index contributed by atoms with van der Waals surface area (Å²) in [5.41, 5.74) is 9.09. The van der Waals surface area contributed by atoms with Crippen molar-refractivity contribution in [3.63, 3.8) is 0 Å². The van der Waals surface area contributed by atoms with Crippen LogP contribution >= 0.6 is 0 Å². The van der Waals surface area contributed by atoms with Gasteiger partial charge in [-0.2, -0.15) is 0 Å². The third kappa shape index (κ3) is 4.46. The Morgan fingerprint density at radius 3 is 2.89 bits per heavy atom. The Labute approximate surface area is 159 Å². The molecular weight excluding hydrogens is 342 g/mol. The maximum absolute atomic E-state index is 11.6. The van der Waals surface area contributed by atoms with Crippen LogP contribution in [0.1, 0.15) is 29.5 Å². The molecule has 2 unspecified atom stereocenters. The lowest BCUT2D eigenvalue weighted by molar-refractivity contribution is -0.121. The van der Waals surface area contributed by atoms with E-state index < -0.39 is 17.9 Å². The van der Waals surface area contributed by atoms with Crippen LogP contribution in [0.4, 0.5) is 5.69 Å². The molecule has 27 heavy (non-hydrogen) atoms. The number of amidine groups is 1. The van der Waals surface area contributed by atoms with E-state index in [4.69, 9.17) is 10.5 Å². The van der Waals surface area contributed by atoms with Gasteiger partial charge in [-0.15, -0.1) is 0 Å². The van der Waals surface area contributed by atoms with E-state index in [0.717, 1.165) is 41.4 Å². The lowest BCUT2D eigenvalue weighted by Gasteiger charge is -2.11. The number of rotatable bonds is 6. The first-order chi connectivity index (χ1) is 13.0. The molecule has 0 spiro atoms. The van der Waals surface area contributed by atoms with Gasteiger partial charge in [-0.3, -0.25) is 4.79 Å². The fourth-order valence-electron chi connectivity index (χ4n) is 3.47. The zero-order valence-corrected chi connectivity index (χ0v) is 15.6. The van der Waals surface area contributed by atoms with E-state index in [1.807, 2.05) is 43.3 Å². The minimum absolute atomic E-state index is 0.449. The standard InChI is InChI=1S/C21H25N3O3/c1-13(23-9-8-14-4-3-5-17(10-14)27-2)24-16-7-6-15-11-19(25)20(21(22)26)18(15)12-16/h3-7,10,12,19-20,25H,8-9,11H2,1-2H3,(H2,22,26)(H,23,24). The number of carbonyl (C=O) groups is 1. The zero-order chi connectivity index (χ0) is 19.4. The molecule has 1 aliphatic carbocycles. The van der Waals surface area contributed by atoms with Crippen molar-refractivity contribution in [2.45, 2.75) is 31.8 Å². The van der Waals surface area contributed by atoms with Crippen LogP contribution in [0.25, 0.3) is 0 Å². The number of amides is 1. The van der Waals surface area contributed by atoms with E-state index in [1.165, 1.54) is 5.56 Å². The van der Waals surface area contributed by atoms with Crippen molar-refractivity contribution in [1.29, 1.82) is 0 Å². The van der Waals surface area contributed by atoms with Gasteiger partial charge in [0.05, 0.1) is 30.7 Å². The summed E-state index contributed by atoms with van der Waals surface area (Å²) in [6.07, 6.45) is 0.549. The molecule has 0 radical (unpaired) electrons. The Balaban J connectivity index is 1.64. The predicted octanol–water partition coefficient (Wildman–Crippen LogP) is 2.06. The number of nitrogens with one attached hydrogen (secondary N) is 1. The molecule has 6 nitrogen and oxygen atoms in total. The Bertz CT molecular complexity index is 864. The van der Waals surface area contributed by atoms with Crippen molar-refractivity contribution in [2.75, 3.05) is 13.7 Å². The van der Waals surface area contributed by atoms with Crippen LogP contribution in [0.2, 0.25) is 0 Å². The third-order valence-corrected chi connectivity index (χ3v) is 4.81. The van der Waals surface area contributed by atoms with Gasteiger partial charge in [0.25, 0.3) is 0 Å². The van der Waals surface area contributed by atoms with E-state index in [1.54, 1.807) is 7.11 Å². The fourth-order valence-corrected chi connectivity index (χ4v) is 3.47.